The molecule has 118 valence electrons. The van der Waals surface area contributed by atoms with Gasteiger partial charge in [-0.3, -0.25) is 15.3 Å². The summed E-state index contributed by atoms with van der Waals surface area (Å²) in [6, 6.07) is 30.9. The Kier molecular flexibility index (Phi) is 3.89. The molecule has 1 atom stereocenters. The van der Waals surface area contributed by atoms with E-state index in [4.69, 9.17) is 12.2 Å². The fraction of sp³-hybridized carbons (Fsp3) is 0.0500. The number of anilines is 2. The van der Waals surface area contributed by atoms with E-state index in [1.807, 2.05) is 42.5 Å². The molecule has 1 fully saturated rings. The maximum Gasteiger partial charge on any atom is 0.194 e. The summed E-state index contributed by atoms with van der Waals surface area (Å²) >= 11 is 5.65. The number of nitrogens with zero attached hydrogens (tertiary/aromatic N) is 2. The van der Waals surface area contributed by atoms with Crippen LogP contribution in [0.25, 0.3) is 0 Å². The fourth-order valence-corrected chi connectivity index (χ4v) is 3.31. The van der Waals surface area contributed by atoms with Gasteiger partial charge in [0, 0.05) is 5.69 Å². The monoisotopic (exact) mass is 331 g/mol. The van der Waals surface area contributed by atoms with E-state index in [0.29, 0.717) is 5.11 Å². The number of thiocarbonyl (C=S) groups is 1. The standard InChI is InChI=1S/C20H17N3S/c24-20-21-23(18-14-8-3-9-15-18)19(16-10-4-1-5-11-16)22(20)17-12-6-2-7-13-17/h1-15,19H,(H,21,24). The van der Waals surface area contributed by atoms with Crippen LogP contribution in [0.5, 0.6) is 0 Å². The number of nitrogens with one attached hydrogen (secondary N) is 1. The van der Waals surface area contributed by atoms with Crippen molar-refractivity contribution in [3.05, 3.63) is 96.6 Å². The molecular formula is C20H17N3S. The molecule has 1 N–H and O–H groups in total. The van der Waals surface area contributed by atoms with Crippen molar-refractivity contribution in [2.75, 3.05) is 9.91 Å². The Hall–Kier alpha value is -2.85. The van der Waals surface area contributed by atoms with Crippen LogP contribution < -0.4 is 15.3 Å². The van der Waals surface area contributed by atoms with Crippen molar-refractivity contribution in [1.29, 1.82) is 0 Å². The molecule has 0 spiro atoms. The average Bonchev–Trinajstić information content (AvgIpc) is 3.01. The minimum absolute atomic E-state index is 0.0384. The van der Waals surface area contributed by atoms with Crippen molar-refractivity contribution < 1.29 is 0 Å². The lowest BCUT2D eigenvalue weighted by Gasteiger charge is -2.30. The molecule has 1 heterocycles. The second-order valence-electron chi connectivity index (χ2n) is 5.61. The summed E-state index contributed by atoms with van der Waals surface area (Å²) in [4.78, 5) is 2.15. The minimum Gasteiger partial charge on any atom is -0.291 e. The highest BCUT2D eigenvalue weighted by Gasteiger charge is 2.37. The molecule has 1 unspecified atom stereocenters. The predicted molar refractivity (Wildman–Crippen MR) is 103 cm³/mol. The first-order chi connectivity index (χ1) is 11.8. The highest BCUT2D eigenvalue weighted by Crippen LogP contribution is 2.36. The van der Waals surface area contributed by atoms with Gasteiger partial charge in [0.25, 0.3) is 0 Å². The molecule has 1 aliphatic rings. The van der Waals surface area contributed by atoms with Crippen LogP contribution in [0, 0.1) is 0 Å². The van der Waals surface area contributed by atoms with Gasteiger partial charge in [-0.2, -0.15) is 0 Å². The Morgan fingerprint density at radius 1 is 0.667 bits per heavy atom. The van der Waals surface area contributed by atoms with Crippen LogP contribution in [0.4, 0.5) is 11.4 Å². The molecule has 4 heteroatoms. The highest BCUT2D eigenvalue weighted by molar-refractivity contribution is 7.80. The summed E-state index contributed by atoms with van der Waals surface area (Å²) in [5, 5.41) is 2.81. The van der Waals surface area contributed by atoms with E-state index < -0.39 is 0 Å². The molecule has 0 radical (unpaired) electrons. The van der Waals surface area contributed by atoms with Gasteiger partial charge in [0.1, 0.15) is 0 Å². The van der Waals surface area contributed by atoms with Crippen molar-refractivity contribution in [3.63, 3.8) is 0 Å². The van der Waals surface area contributed by atoms with Crippen molar-refractivity contribution in [1.82, 2.24) is 5.43 Å². The molecule has 0 amide bonds. The zero-order valence-electron chi connectivity index (χ0n) is 13.0. The van der Waals surface area contributed by atoms with Gasteiger partial charge >= 0.3 is 0 Å². The van der Waals surface area contributed by atoms with Crippen LogP contribution in [0.1, 0.15) is 11.7 Å². The average molecular weight is 331 g/mol. The number of hydrogen-bond acceptors (Lipinski definition) is 2. The third kappa shape index (κ3) is 2.61. The highest BCUT2D eigenvalue weighted by atomic mass is 32.1. The van der Waals surface area contributed by atoms with Crippen LogP contribution in [-0.4, -0.2) is 5.11 Å². The van der Waals surface area contributed by atoms with Gasteiger partial charge < -0.3 is 0 Å². The second-order valence-corrected chi connectivity index (χ2v) is 6.00. The van der Waals surface area contributed by atoms with Crippen LogP contribution in [0.2, 0.25) is 0 Å². The Morgan fingerprint density at radius 2 is 1.17 bits per heavy atom. The van der Waals surface area contributed by atoms with Gasteiger partial charge in [-0.25, -0.2) is 0 Å². The van der Waals surface area contributed by atoms with E-state index in [1.54, 1.807) is 0 Å². The van der Waals surface area contributed by atoms with Gasteiger partial charge in [0.2, 0.25) is 0 Å². The lowest BCUT2D eigenvalue weighted by atomic mass is 10.1. The number of hydrazine groups is 1. The molecule has 4 rings (SSSR count). The zero-order chi connectivity index (χ0) is 16.4. The van der Waals surface area contributed by atoms with E-state index in [9.17, 15) is 0 Å². The van der Waals surface area contributed by atoms with Crippen molar-refractivity contribution in [2.24, 2.45) is 0 Å². The van der Waals surface area contributed by atoms with Crippen molar-refractivity contribution in [3.8, 4) is 0 Å². The smallest absolute Gasteiger partial charge is 0.194 e. The number of benzene rings is 3. The van der Waals surface area contributed by atoms with E-state index >= 15 is 0 Å². The van der Waals surface area contributed by atoms with Crippen LogP contribution in [-0.2, 0) is 0 Å². The number of para-hydroxylation sites is 2. The summed E-state index contributed by atoms with van der Waals surface area (Å²) in [6.07, 6.45) is -0.0384. The third-order valence-electron chi connectivity index (χ3n) is 4.09. The third-order valence-corrected chi connectivity index (χ3v) is 4.38. The molecule has 0 bridgehead atoms. The predicted octanol–water partition coefficient (Wildman–Crippen LogP) is 4.50. The summed E-state index contributed by atoms with van der Waals surface area (Å²) < 4.78 is 0. The number of rotatable bonds is 3. The van der Waals surface area contributed by atoms with Gasteiger partial charge in [0.05, 0.1) is 5.69 Å². The fourth-order valence-electron chi connectivity index (χ4n) is 3.01. The first kappa shape index (κ1) is 14.7. The van der Waals surface area contributed by atoms with Gasteiger partial charge in [-0.1, -0.05) is 66.7 Å². The topological polar surface area (TPSA) is 18.5 Å². The molecule has 1 saturated heterocycles. The quantitative estimate of drug-likeness (QED) is 0.712. The van der Waals surface area contributed by atoms with Crippen molar-refractivity contribution in [2.45, 2.75) is 6.17 Å². The lowest BCUT2D eigenvalue weighted by molar-refractivity contribution is 0.682. The van der Waals surface area contributed by atoms with Gasteiger partial charge in [0.15, 0.2) is 11.3 Å². The van der Waals surface area contributed by atoms with Crippen molar-refractivity contribution >= 4 is 28.7 Å². The Morgan fingerprint density at radius 3 is 1.75 bits per heavy atom. The van der Waals surface area contributed by atoms with E-state index in [2.05, 4.69) is 63.9 Å². The molecule has 0 aromatic heterocycles. The molecule has 3 aromatic carbocycles. The molecule has 0 saturated carbocycles. The normalized spacial score (nSPS) is 17.0. The Labute approximate surface area is 147 Å². The van der Waals surface area contributed by atoms with E-state index in [0.717, 1.165) is 11.4 Å². The van der Waals surface area contributed by atoms with Crippen LogP contribution in [0.3, 0.4) is 0 Å². The summed E-state index contributed by atoms with van der Waals surface area (Å²) in [5.74, 6) is 0. The lowest BCUT2D eigenvalue weighted by Crippen LogP contribution is -2.34. The molecule has 1 aliphatic heterocycles. The first-order valence-corrected chi connectivity index (χ1v) is 8.29. The molecule has 0 aliphatic carbocycles. The minimum atomic E-state index is -0.0384. The molecule has 3 nitrogen and oxygen atoms in total. The molecular weight excluding hydrogens is 314 g/mol. The summed E-state index contributed by atoms with van der Waals surface area (Å²) in [5.41, 5.74) is 6.68. The SMILES string of the molecule is S=C1NN(c2ccccc2)C(c2ccccc2)N1c1ccccc1. The molecule has 3 aromatic rings. The second kappa shape index (κ2) is 6.34. The summed E-state index contributed by atoms with van der Waals surface area (Å²) in [7, 11) is 0. The maximum absolute atomic E-state index is 5.65. The first-order valence-electron chi connectivity index (χ1n) is 7.89. The van der Waals surface area contributed by atoms with Crippen LogP contribution in [0.15, 0.2) is 91.0 Å². The largest absolute Gasteiger partial charge is 0.291 e. The zero-order valence-corrected chi connectivity index (χ0v) is 13.9. The van der Waals surface area contributed by atoms with E-state index in [-0.39, 0.29) is 6.17 Å². The Bertz CT molecular complexity index is 821. The van der Waals surface area contributed by atoms with Gasteiger partial charge in [-0.15, -0.1) is 0 Å². The maximum atomic E-state index is 5.65. The molecule has 24 heavy (non-hydrogen) atoms. The summed E-state index contributed by atoms with van der Waals surface area (Å²) in [6.45, 7) is 0. The van der Waals surface area contributed by atoms with Crippen LogP contribution >= 0.6 is 12.2 Å². The Balaban J connectivity index is 1.83. The van der Waals surface area contributed by atoms with E-state index in [1.165, 1.54) is 5.56 Å². The van der Waals surface area contributed by atoms with Gasteiger partial charge in [-0.05, 0) is 42.0 Å². The number of hydrogen-bond donors (Lipinski definition) is 1.